The van der Waals surface area contributed by atoms with Gasteiger partial charge in [0.25, 0.3) is 0 Å². The number of ether oxygens (including phenoxy) is 1. The van der Waals surface area contributed by atoms with Crippen LogP contribution in [-0.2, 0) is 0 Å². The molecule has 3 rings (SSSR count). The van der Waals surface area contributed by atoms with Gasteiger partial charge in [0.2, 0.25) is 0 Å². The minimum absolute atomic E-state index is 0.138. The van der Waals surface area contributed by atoms with E-state index < -0.39 is 0 Å². The predicted octanol–water partition coefficient (Wildman–Crippen LogP) is 5.90. The highest BCUT2D eigenvalue weighted by Crippen LogP contribution is 2.28. The van der Waals surface area contributed by atoms with Gasteiger partial charge in [0, 0.05) is 6.42 Å². The Morgan fingerprint density at radius 2 is 1.73 bits per heavy atom. The zero-order valence-corrected chi connectivity index (χ0v) is 16.3. The topological polar surface area (TPSA) is 39.9 Å². The van der Waals surface area contributed by atoms with Crippen LogP contribution in [0, 0.1) is 20.8 Å². The van der Waals surface area contributed by atoms with Gasteiger partial charge in [-0.1, -0.05) is 43.5 Å². The summed E-state index contributed by atoms with van der Waals surface area (Å²) in [4.78, 5) is 0. The van der Waals surface area contributed by atoms with Gasteiger partial charge in [0.15, 0.2) is 6.23 Å². The molecule has 0 amide bonds. The van der Waals surface area contributed by atoms with Gasteiger partial charge < -0.3 is 4.74 Å². The van der Waals surface area contributed by atoms with Crippen LogP contribution in [-0.4, -0.2) is 15.0 Å². The fourth-order valence-corrected chi connectivity index (χ4v) is 3.30. The van der Waals surface area contributed by atoms with Gasteiger partial charge in [-0.2, -0.15) is 0 Å². The third-order valence-electron chi connectivity index (χ3n) is 5.13. The van der Waals surface area contributed by atoms with Gasteiger partial charge in [-0.05, 0) is 68.1 Å². The van der Waals surface area contributed by atoms with Crippen molar-refractivity contribution in [3.63, 3.8) is 0 Å². The van der Waals surface area contributed by atoms with Crippen LogP contribution in [0.1, 0.15) is 61.9 Å². The zero-order valence-electron chi connectivity index (χ0n) is 16.3. The molecule has 1 unspecified atom stereocenters. The smallest absolute Gasteiger partial charge is 0.193 e. The number of rotatable bonds is 8. The molecule has 138 valence electrons. The molecule has 1 atom stereocenters. The first-order valence-electron chi connectivity index (χ1n) is 9.64. The van der Waals surface area contributed by atoms with Crippen LogP contribution in [0.5, 0.6) is 5.75 Å². The van der Waals surface area contributed by atoms with Crippen molar-refractivity contribution in [1.82, 2.24) is 15.0 Å². The summed E-state index contributed by atoms with van der Waals surface area (Å²) in [5.41, 5.74) is 5.77. The van der Waals surface area contributed by atoms with Crippen molar-refractivity contribution >= 4 is 11.0 Å². The van der Waals surface area contributed by atoms with Crippen LogP contribution < -0.4 is 4.74 Å². The average molecular weight is 351 g/mol. The van der Waals surface area contributed by atoms with Crippen LogP contribution in [0.25, 0.3) is 11.0 Å². The lowest BCUT2D eigenvalue weighted by Gasteiger charge is -2.21. The van der Waals surface area contributed by atoms with Crippen LogP contribution in [0.15, 0.2) is 36.4 Å². The maximum absolute atomic E-state index is 6.42. The molecule has 26 heavy (non-hydrogen) atoms. The van der Waals surface area contributed by atoms with E-state index in [1.807, 2.05) is 22.9 Å². The maximum Gasteiger partial charge on any atom is 0.193 e. The molecule has 2 aromatic carbocycles. The Balaban J connectivity index is 1.88. The quantitative estimate of drug-likeness (QED) is 0.474. The number of hydrogen-bond donors (Lipinski definition) is 0. The molecule has 3 aromatic rings. The lowest BCUT2D eigenvalue weighted by atomic mass is 10.0. The predicted molar refractivity (Wildman–Crippen MR) is 107 cm³/mol. The fraction of sp³-hybridized carbons (Fsp3) is 0.455. The Hall–Kier alpha value is -2.36. The molecule has 1 aromatic heterocycles. The van der Waals surface area contributed by atoms with E-state index in [9.17, 15) is 0 Å². The Labute approximate surface area is 156 Å². The van der Waals surface area contributed by atoms with Gasteiger partial charge in [-0.15, -0.1) is 5.10 Å². The number of aromatic nitrogens is 3. The SMILES string of the molecule is CCCCCCC(Oc1cc(C)c(C)c(C)c1)n1nnc2ccccc21. The van der Waals surface area contributed by atoms with Crippen LogP contribution in [0.4, 0.5) is 0 Å². The van der Waals surface area contributed by atoms with Gasteiger partial charge in [-0.25, -0.2) is 4.68 Å². The third kappa shape index (κ3) is 4.06. The molecular weight excluding hydrogens is 322 g/mol. The standard InChI is InChI=1S/C22H29N3O/c1-5-6-7-8-13-22(25-21-12-10-9-11-20(21)23-24-25)26-19-14-16(2)18(4)17(3)15-19/h9-12,14-15,22H,5-8,13H2,1-4H3. The van der Waals surface area contributed by atoms with Crippen molar-refractivity contribution < 1.29 is 4.74 Å². The first-order valence-corrected chi connectivity index (χ1v) is 9.64. The summed E-state index contributed by atoms with van der Waals surface area (Å²) in [6, 6.07) is 12.3. The Kier molecular flexibility index (Phi) is 5.92. The molecule has 1 heterocycles. The van der Waals surface area contributed by atoms with Crippen LogP contribution in [0.2, 0.25) is 0 Å². The second kappa shape index (κ2) is 8.35. The molecule has 0 bridgehead atoms. The van der Waals surface area contributed by atoms with E-state index in [-0.39, 0.29) is 6.23 Å². The van der Waals surface area contributed by atoms with Crippen LogP contribution in [0.3, 0.4) is 0 Å². The van der Waals surface area contributed by atoms with E-state index in [0.717, 1.165) is 29.6 Å². The van der Waals surface area contributed by atoms with Crippen molar-refractivity contribution in [2.75, 3.05) is 0 Å². The van der Waals surface area contributed by atoms with E-state index >= 15 is 0 Å². The molecule has 0 saturated carbocycles. The molecule has 0 aliphatic heterocycles. The fourth-order valence-electron chi connectivity index (χ4n) is 3.30. The number of fused-ring (bicyclic) bond motifs is 1. The molecule has 0 aliphatic carbocycles. The average Bonchev–Trinajstić information content (AvgIpc) is 3.06. The van der Waals surface area contributed by atoms with E-state index in [1.165, 1.54) is 36.0 Å². The van der Waals surface area contributed by atoms with Gasteiger partial charge in [0.1, 0.15) is 11.3 Å². The van der Waals surface area contributed by atoms with Gasteiger partial charge >= 0.3 is 0 Å². The Morgan fingerprint density at radius 1 is 1.00 bits per heavy atom. The summed E-state index contributed by atoms with van der Waals surface area (Å²) < 4.78 is 8.36. The minimum Gasteiger partial charge on any atom is -0.469 e. The zero-order chi connectivity index (χ0) is 18.5. The number of hydrogen-bond acceptors (Lipinski definition) is 3. The third-order valence-corrected chi connectivity index (χ3v) is 5.13. The van der Waals surface area contributed by atoms with E-state index in [4.69, 9.17) is 4.74 Å². The molecular formula is C22H29N3O. The molecule has 0 radical (unpaired) electrons. The first kappa shape index (κ1) is 18.4. The number of unbranched alkanes of at least 4 members (excludes halogenated alkanes) is 3. The molecule has 4 nitrogen and oxygen atoms in total. The maximum atomic E-state index is 6.42. The summed E-state index contributed by atoms with van der Waals surface area (Å²) in [6.45, 7) is 8.66. The molecule has 0 fully saturated rings. The Morgan fingerprint density at radius 3 is 2.46 bits per heavy atom. The summed E-state index contributed by atoms with van der Waals surface area (Å²) in [7, 11) is 0. The van der Waals surface area contributed by atoms with Crippen molar-refractivity contribution in [2.45, 2.75) is 66.0 Å². The number of para-hydroxylation sites is 1. The lowest BCUT2D eigenvalue weighted by Crippen LogP contribution is -2.18. The number of nitrogens with zero attached hydrogens (tertiary/aromatic N) is 3. The second-order valence-corrected chi connectivity index (χ2v) is 7.13. The highest BCUT2D eigenvalue weighted by Gasteiger charge is 2.18. The summed E-state index contributed by atoms with van der Waals surface area (Å²) >= 11 is 0. The largest absolute Gasteiger partial charge is 0.469 e. The van der Waals surface area contributed by atoms with Crippen molar-refractivity contribution in [3.05, 3.63) is 53.1 Å². The van der Waals surface area contributed by atoms with Gasteiger partial charge in [0.05, 0.1) is 5.52 Å². The number of aryl methyl sites for hydroxylation is 2. The Bertz CT molecular complexity index is 846. The molecule has 0 aliphatic rings. The number of benzene rings is 2. The van der Waals surface area contributed by atoms with Crippen molar-refractivity contribution in [1.29, 1.82) is 0 Å². The van der Waals surface area contributed by atoms with Crippen LogP contribution >= 0.6 is 0 Å². The monoisotopic (exact) mass is 351 g/mol. The highest BCUT2D eigenvalue weighted by atomic mass is 16.5. The summed E-state index contributed by atoms with van der Waals surface area (Å²) in [5.74, 6) is 0.908. The summed E-state index contributed by atoms with van der Waals surface area (Å²) in [6.07, 6.45) is 5.62. The lowest BCUT2D eigenvalue weighted by molar-refractivity contribution is 0.107. The first-order chi connectivity index (χ1) is 12.6. The molecule has 0 N–H and O–H groups in total. The molecule has 0 spiro atoms. The second-order valence-electron chi connectivity index (χ2n) is 7.13. The minimum atomic E-state index is -0.138. The highest BCUT2D eigenvalue weighted by molar-refractivity contribution is 5.73. The van der Waals surface area contributed by atoms with E-state index in [1.54, 1.807) is 0 Å². The molecule has 4 heteroatoms. The summed E-state index contributed by atoms with van der Waals surface area (Å²) in [5, 5.41) is 8.70. The van der Waals surface area contributed by atoms with Crippen molar-refractivity contribution in [3.8, 4) is 5.75 Å². The molecule has 0 saturated heterocycles. The van der Waals surface area contributed by atoms with Crippen molar-refractivity contribution in [2.24, 2.45) is 0 Å². The van der Waals surface area contributed by atoms with E-state index in [0.29, 0.717) is 0 Å². The normalized spacial score (nSPS) is 12.5. The van der Waals surface area contributed by atoms with E-state index in [2.05, 4.69) is 56.2 Å². The van der Waals surface area contributed by atoms with Gasteiger partial charge in [-0.3, -0.25) is 0 Å².